The van der Waals surface area contributed by atoms with Crippen molar-refractivity contribution in [2.75, 3.05) is 33.0 Å². The number of likely N-dealkylation sites (N-methyl/N-ethyl adjacent to an activating group) is 1. The van der Waals surface area contributed by atoms with E-state index in [0.717, 1.165) is 30.1 Å². The lowest BCUT2D eigenvalue weighted by atomic mass is 9.81. The van der Waals surface area contributed by atoms with E-state index in [9.17, 15) is 14.4 Å². The number of hydrogen-bond acceptors (Lipinski definition) is 7. The molecule has 2 heterocycles. The molecule has 37 heavy (non-hydrogen) atoms. The number of amides is 3. The Labute approximate surface area is 226 Å². The van der Waals surface area contributed by atoms with Crippen molar-refractivity contribution in [1.82, 2.24) is 25.4 Å². The topological polar surface area (TPSA) is 107 Å². The molecule has 3 N–H and O–H groups in total. The number of nitrogens with zero attached hydrogens (tertiary/aromatic N) is 3. The summed E-state index contributed by atoms with van der Waals surface area (Å²) in [7, 11) is 5.51. The number of rotatable bonds is 7. The summed E-state index contributed by atoms with van der Waals surface area (Å²) < 4.78 is 0. The van der Waals surface area contributed by atoms with Crippen LogP contribution in [0.4, 0.5) is 5.69 Å². The van der Waals surface area contributed by atoms with E-state index in [2.05, 4.69) is 39.5 Å². The van der Waals surface area contributed by atoms with Crippen molar-refractivity contribution in [3.05, 3.63) is 57.1 Å². The van der Waals surface area contributed by atoms with Gasteiger partial charge in [-0.05, 0) is 50.6 Å². The predicted octanol–water partition coefficient (Wildman–Crippen LogP) is 2.88. The summed E-state index contributed by atoms with van der Waals surface area (Å²) in [4.78, 5) is 48.4. The zero-order valence-electron chi connectivity index (χ0n) is 21.3. The van der Waals surface area contributed by atoms with Crippen molar-refractivity contribution in [2.45, 2.75) is 44.3 Å². The fourth-order valence-corrected chi connectivity index (χ4v) is 5.98. The van der Waals surface area contributed by atoms with E-state index in [-0.39, 0.29) is 35.4 Å². The summed E-state index contributed by atoms with van der Waals surface area (Å²) in [6.07, 6.45) is 2.41. The van der Waals surface area contributed by atoms with Gasteiger partial charge < -0.3 is 25.8 Å². The maximum Gasteiger partial charge on any atom is 0.280 e. The van der Waals surface area contributed by atoms with Gasteiger partial charge in [-0.25, -0.2) is 4.98 Å². The second-order valence-electron chi connectivity index (χ2n) is 9.89. The molecule has 0 spiro atoms. The van der Waals surface area contributed by atoms with Crippen LogP contribution in [0.5, 0.6) is 0 Å². The Balaban J connectivity index is 1.45. The highest BCUT2D eigenvalue weighted by Gasteiger charge is 2.37. The van der Waals surface area contributed by atoms with Gasteiger partial charge in [-0.15, -0.1) is 11.3 Å². The first kappa shape index (κ1) is 27.1. The predicted molar refractivity (Wildman–Crippen MR) is 146 cm³/mol. The minimum atomic E-state index is -0.425. The molecule has 0 unspecified atom stereocenters. The number of aromatic nitrogens is 1. The minimum Gasteiger partial charge on any atom is -0.352 e. The SMILES string of the molecule is C=C(Nc1ccc(Cl)cc1)C(=O)N[C@@H]1CC[C@H](C(=O)N(C)C)C[C@H]1NC(=O)c1nc2c(s1)CN(C)CC2. The summed E-state index contributed by atoms with van der Waals surface area (Å²) in [5.41, 5.74) is 1.84. The van der Waals surface area contributed by atoms with Gasteiger partial charge in [-0.2, -0.15) is 0 Å². The van der Waals surface area contributed by atoms with Crippen LogP contribution in [0, 0.1) is 5.92 Å². The average Bonchev–Trinajstić information content (AvgIpc) is 3.29. The van der Waals surface area contributed by atoms with Gasteiger partial charge in [0.1, 0.15) is 0 Å². The summed E-state index contributed by atoms with van der Waals surface area (Å²) in [6.45, 7) is 5.56. The molecule has 4 rings (SSSR count). The first-order valence-corrected chi connectivity index (χ1v) is 13.5. The standard InChI is InChI=1S/C26H33ClN6O3S/c1-15(28-18-8-6-17(27)7-9-18)23(34)29-19-10-5-16(26(36)32(2)3)13-21(19)30-24(35)25-31-20-11-12-33(4)14-22(20)37-25/h6-9,16,19,21,28H,1,5,10-14H2,2-4H3,(H,29,34)(H,30,35)/t16-,19+,21+/m0/s1. The van der Waals surface area contributed by atoms with Gasteiger partial charge in [-0.1, -0.05) is 18.2 Å². The maximum atomic E-state index is 13.2. The smallest absolute Gasteiger partial charge is 0.280 e. The van der Waals surface area contributed by atoms with Crippen molar-refractivity contribution < 1.29 is 14.4 Å². The molecule has 2 aromatic rings. The third kappa shape index (κ3) is 6.68. The molecule has 1 aliphatic heterocycles. The summed E-state index contributed by atoms with van der Waals surface area (Å²) in [5, 5.41) is 10.1. The van der Waals surface area contributed by atoms with Crippen LogP contribution in [-0.4, -0.2) is 72.3 Å². The monoisotopic (exact) mass is 544 g/mol. The number of anilines is 1. The first-order valence-electron chi connectivity index (χ1n) is 12.3. The molecule has 3 atom stereocenters. The average molecular weight is 545 g/mol. The first-order chi connectivity index (χ1) is 17.6. The lowest BCUT2D eigenvalue weighted by Crippen LogP contribution is -2.56. The van der Waals surface area contributed by atoms with E-state index in [0.29, 0.717) is 35.0 Å². The number of thiazole rings is 1. The van der Waals surface area contributed by atoms with Gasteiger partial charge in [0.25, 0.3) is 11.8 Å². The Morgan fingerprint density at radius 1 is 1.14 bits per heavy atom. The second-order valence-corrected chi connectivity index (χ2v) is 11.4. The van der Waals surface area contributed by atoms with Gasteiger partial charge in [0.2, 0.25) is 5.91 Å². The third-order valence-corrected chi connectivity index (χ3v) is 8.14. The molecule has 1 aromatic heterocycles. The van der Waals surface area contributed by atoms with Gasteiger partial charge in [-0.3, -0.25) is 14.4 Å². The molecule has 0 radical (unpaired) electrons. The normalized spacial score (nSPS) is 21.5. The Morgan fingerprint density at radius 3 is 2.57 bits per heavy atom. The van der Waals surface area contributed by atoms with E-state index in [1.807, 2.05) is 0 Å². The van der Waals surface area contributed by atoms with Crippen molar-refractivity contribution in [1.29, 1.82) is 0 Å². The highest BCUT2D eigenvalue weighted by atomic mass is 35.5. The summed E-state index contributed by atoms with van der Waals surface area (Å²) >= 11 is 7.34. The zero-order chi connectivity index (χ0) is 26.7. The minimum absolute atomic E-state index is 0.0191. The molecule has 0 saturated heterocycles. The van der Waals surface area contributed by atoms with Crippen LogP contribution >= 0.6 is 22.9 Å². The number of nitrogens with one attached hydrogen (secondary N) is 3. The van der Waals surface area contributed by atoms with Crippen LogP contribution in [0.15, 0.2) is 36.5 Å². The Hall–Kier alpha value is -2.95. The number of carbonyl (C=O) groups is 3. The second kappa shape index (κ2) is 11.6. The molecular weight excluding hydrogens is 512 g/mol. The lowest BCUT2D eigenvalue weighted by molar-refractivity contribution is -0.134. The fourth-order valence-electron chi connectivity index (χ4n) is 4.76. The number of benzene rings is 1. The number of hydrogen-bond donors (Lipinski definition) is 3. The van der Waals surface area contributed by atoms with Crippen LogP contribution in [0.2, 0.25) is 5.02 Å². The molecule has 198 valence electrons. The molecule has 11 heteroatoms. The van der Waals surface area contributed by atoms with Crippen LogP contribution < -0.4 is 16.0 Å². The van der Waals surface area contributed by atoms with Crippen LogP contribution in [0.3, 0.4) is 0 Å². The highest BCUT2D eigenvalue weighted by Crippen LogP contribution is 2.28. The van der Waals surface area contributed by atoms with Crippen molar-refractivity contribution in [2.24, 2.45) is 5.92 Å². The van der Waals surface area contributed by atoms with Crippen LogP contribution in [0.25, 0.3) is 0 Å². The lowest BCUT2D eigenvalue weighted by Gasteiger charge is -2.37. The molecule has 3 amide bonds. The molecular formula is C26H33ClN6O3S. The Kier molecular flexibility index (Phi) is 8.51. The number of fused-ring (bicyclic) bond motifs is 1. The fraction of sp³-hybridized carbons (Fsp3) is 0.462. The third-order valence-electron chi connectivity index (χ3n) is 6.80. The Morgan fingerprint density at radius 2 is 1.86 bits per heavy atom. The largest absolute Gasteiger partial charge is 0.352 e. The molecule has 1 aliphatic carbocycles. The van der Waals surface area contributed by atoms with E-state index >= 15 is 0 Å². The van der Waals surface area contributed by atoms with E-state index in [4.69, 9.17) is 11.6 Å². The molecule has 2 aliphatic rings. The molecule has 9 nitrogen and oxygen atoms in total. The van der Waals surface area contributed by atoms with Gasteiger partial charge in [0.15, 0.2) is 5.01 Å². The molecule has 0 bridgehead atoms. The number of halogens is 1. The Bertz CT molecular complexity index is 1180. The van der Waals surface area contributed by atoms with Gasteiger partial charge in [0, 0.05) is 61.2 Å². The van der Waals surface area contributed by atoms with E-state index in [1.54, 1.807) is 43.3 Å². The maximum absolute atomic E-state index is 13.2. The molecule has 1 saturated carbocycles. The molecule has 1 aromatic carbocycles. The summed E-state index contributed by atoms with van der Waals surface area (Å²) in [5.74, 6) is -0.862. The van der Waals surface area contributed by atoms with Crippen molar-refractivity contribution >= 4 is 46.3 Å². The highest BCUT2D eigenvalue weighted by molar-refractivity contribution is 7.13. The van der Waals surface area contributed by atoms with Gasteiger partial charge in [0.05, 0.1) is 17.4 Å². The van der Waals surface area contributed by atoms with Crippen LogP contribution in [-0.2, 0) is 22.6 Å². The van der Waals surface area contributed by atoms with E-state index < -0.39 is 6.04 Å². The number of carbonyl (C=O) groups excluding carboxylic acids is 3. The van der Waals surface area contributed by atoms with Crippen molar-refractivity contribution in [3.8, 4) is 0 Å². The zero-order valence-corrected chi connectivity index (χ0v) is 22.9. The van der Waals surface area contributed by atoms with Crippen LogP contribution in [0.1, 0.15) is 39.6 Å². The van der Waals surface area contributed by atoms with E-state index in [1.165, 1.54) is 11.3 Å². The quantitative estimate of drug-likeness (QED) is 0.463. The summed E-state index contributed by atoms with van der Waals surface area (Å²) in [6, 6.07) is 6.18. The molecule has 1 fully saturated rings. The van der Waals surface area contributed by atoms with Gasteiger partial charge >= 0.3 is 0 Å². The van der Waals surface area contributed by atoms with Crippen molar-refractivity contribution in [3.63, 3.8) is 0 Å².